The number of rotatable bonds is 4. The molecular weight excluding hydrogens is 412 g/mol. The predicted molar refractivity (Wildman–Crippen MR) is 135 cm³/mol. The zero-order valence-electron chi connectivity index (χ0n) is 20.2. The van der Waals surface area contributed by atoms with Gasteiger partial charge in [-0.15, -0.1) is 0 Å². The van der Waals surface area contributed by atoms with Gasteiger partial charge in [-0.05, 0) is 51.7 Å². The maximum atomic E-state index is 12.4. The first kappa shape index (κ1) is 23.0. The summed E-state index contributed by atoms with van der Waals surface area (Å²) in [5.74, 6) is 1.12. The Bertz CT molecular complexity index is 1090. The number of amides is 1. The second-order valence-corrected chi connectivity index (χ2v) is 10.1. The molecule has 1 atom stereocenters. The molecule has 3 heterocycles. The molecule has 6 nitrogen and oxygen atoms in total. The lowest BCUT2D eigenvalue weighted by molar-refractivity contribution is 0.0188. The number of ether oxygens (including phenoxy) is 1. The first-order chi connectivity index (χ1) is 15.7. The normalized spacial score (nSPS) is 19.5. The summed E-state index contributed by atoms with van der Waals surface area (Å²) in [6, 6.07) is 2.49. The number of hydrogen-bond acceptors (Lipinski definition) is 3. The number of nitrogens with two attached hydrogens (primary N) is 1. The van der Waals surface area contributed by atoms with Crippen LogP contribution in [0.2, 0.25) is 0 Å². The first-order valence-corrected chi connectivity index (χ1v) is 11.8. The third-order valence-corrected chi connectivity index (χ3v) is 6.48. The van der Waals surface area contributed by atoms with E-state index < -0.39 is 5.60 Å². The number of allylic oxidation sites excluding steroid dienone is 3. The lowest BCUT2D eigenvalue weighted by atomic mass is 9.89. The number of H-pyrrole nitrogens is 1. The fraction of sp³-hybridized carbons (Fsp3) is 0.444. The number of nitrogen functional groups attached to an aromatic ring is 1. The van der Waals surface area contributed by atoms with Gasteiger partial charge in [-0.1, -0.05) is 37.8 Å². The minimum atomic E-state index is -0.469. The van der Waals surface area contributed by atoms with Crippen LogP contribution in [0.15, 0.2) is 43.3 Å². The molecule has 33 heavy (non-hydrogen) atoms. The van der Waals surface area contributed by atoms with Gasteiger partial charge in [0.1, 0.15) is 11.4 Å². The van der Waals surface area contributed by atoms with Gasteiger partial charge in [0.15, 0.2) is 0 Å². The third kappa shape index (κ3) is 4.80. The number of anilines is 1. The lowest BCUT2D eigenvalue weighted by Gasteiger charge is -2.34. The molecule has 1 saturated heterocycles. The van der Waals surface area contributed by atoms with E-state index in [1.165, 1.54) is 11.3 Å². The Hall–Kier alpha value is -3.15. The Labute approximate surface area is 196 Å². The van der Waals surface area contributed by atoms with Crippen molar-refractivity contribution in [2.75, 3.05) is 18.8 Å². The van der Waals surface area contributed by atoms with Crippen molar-refractivity contribution in [3.63, 3.8) is 0 Å². The fourth-order valence-corrected chi connectivity index (χ4v) is 4.83. The summed E-state index contributed by atoms with van der Waals surface area (Å²) in [5, 5.41) is 0. The van der Waals surface area contributed by atoms with Gasteiger partial charge in [-0.2, -0.15) is 0 Å². The molecule has 176 valence electrons. The molecule has 2 aliphatic rings. The number of piperidine rings is 1. The van der Waals surface area contributed by atoms with Crippen LogP contribution >= 0.6 is 0 Å². The van der Waals surface area contributed by atoms with Crippen LogP contribution in [0.3, 0.4) is 0 Å². The summed E-state index contributed by atoms with van der Waals surface area (Å²) in [6.45, 7) is 13.3. The number of likely N-dealkylation sites (tertiary alicyclic amines) is 1. The molecule has 0 bridgehead atoms. The Morgan fingerprint density at radius 1 is 1.30 bits per heavy atom. The fourth-order valence-electron chi connectivity index (χ4n) is 4.83. The molecule has 1 fully saturated rings. The Morgan fingerprint density at radius 2 is 2.03 bits per heavy atom. The average Bonchev–Trinajstić information content (AvgIpc) is 3.37. The van der Waals surface area contributed by atoms with E-state index in [4.69, 9.17) is 10.5 Å². The van der Waals surface area contributed by atoms with Crippen LogP contribution in [-0.2, 0) is 4.74 Å². The molecule has 1 aliphatic heterocycles. The summed E-state index contributed by atoms with van der Waals surface area (Å²) in [4.78, 5) is 17.6. The highest BCUT2D eigenvalue weighted by atomic mass is 16.6. The van der Waals surface area contributed by atoms with Crippen molar-refractivity contribution in [3.05, 3.63) is 65.7 Å². The van der Waals surface area contributed by atoms with Crippen LogP contribution < -0.4 is 5.73 Å². The SMILES string of the molecule is C=C/C=C(/c1ccn(C2CCN(C(=O)OC(C)(C)C)CC2)c1)c1c(N)[nH]c2c1C=CCC2C. The first-order valence-electron chi connectivity index (χ1n) is 11.8. The van der Waals surface area contributed by atoms with Gasteiger partial charge in [-0.25, -0.2) is 4.79 Å². The van der Waals surface area contributed by atoms with Crippen LogP contribution in [0.1, 0.15) is 81.3 Å². The molecule has 1 amide bonds. The zero-order chi connectivity index (χ0) is 23.8. The summed E-state index contributed by atoms with van der Waals surface area (Å²) >= 11 is 0. The number of aromatic nitrogens is 2. The number of fused-ring (bicyclic) bond motifs is 1. The highest BCUT2D eigenvalue weighted by molar-refractivity contribution is 5.91. The number of hydrogen-bond donors (Lipinski definition) is 2. The summed E-state index contributed by atoms with van der Waals surface area (Å²) in [7, 11) is 0. The van der Waals surface area contributed by atoms with Crippen LogP contribution in [0.25, 0.3) is 11.6 Å². The van der Waals surface area contributed by atoms with Crippen molar-refractivity contribution in [1.29, 1.82) is 0 Å². The van der Waals surface area contributed by atoms with E-state index in [2.05, 4.69) is 53.7 Å². The standard InChI is InChI=1S/C27H36N4O2/c1-6-8-21(23-22-10-7-9-18(2)24(22)29-25(23)28)19-11-14-31(17-19)20-12-15-30(16-13-20)26(32)33-27(3,4)5/h6-8,10-11,14,17-18,20,29H,1,9,12-13,15-16,28H2,2-5H3/b21-8-. The number of nitrogens with zero attached hydrogens (tertiary/aromatic N) is 2. The van der Waals surface area contributed by atoms with E-state index in [-0.39, 0.29) is 6.09 Å². The van der Waals surface area contributed by atoms with Gasteiger partial charge >= 0.3 is 6.09 Å². The summed E-state index contributed by atoms with van der Waals surface area (Å²) in [6.07, 6.45) is 15.2. The van der Waals surface area contributed by atoms with Crippen molar-refractivity contribution in [2.24, 2.45) is 0 Å². The highest BCUT2D eigenvalue weighted by Gasteiger charge is 2.28. The van der Waals surface area contributed by atoms with Crippen molar-refractivity contribution < 1.29 is 9.53 Å². The van der Waals surface area contributed by atoms with E-state index in [0.717, 1.165) is 36.0 Å². The quantitative estimate of drug-likeness (QED) is 0.554. The van der Waals surface area contributed by atoms with E-state index in [9.17, 15) is 4.79 Å². The summed E-state index contributed by atoms with van der Waals surface area (Å²) < 4.78 is 7.80. The Balaban J connectivity index is 1.53. The molecule has 6 heteroatoms. The average molecular weight is 449 g/mol. The van der Waals surface area contributed by atoms with E-state index >= 15 is 0 Å². The molecule has 3 N–H and O–H groups in total. The largest absolute Gasteiger partial charge is 0.444 e. The third-order valence-electron chi connectivity index (χ3n) is 6.48. The highest BCUT2D eigenvalue weighted by Crippen LogP contribution is 2.40. The van der Waals surface area contributed by atoms with Gasteiger partial charge < -0.3 is 24.9 Å². The van der Waals surface area contributed by atoms with Crippen LogP contribution in [0, 0.1) is 0 Å². The Kier molecular flexibility index (Phi) is 6.28. The van der Waals surface area contributed by atoms with E-state index in [1.807, 2.05) is 37.8 Å². The Morgan fingerprint density at radius 3 is 2.70 bits per heavy atom. The molecule has 2 aromatic rings. The predicted octanol–water partition coefficient (Wildman–Crippen LogP) is 6.11. The van der Waals surface area contributed by atoms with Gasteiger partial charge in [0.2, 0.25) is 0 Å². The van der Waals surface area contributed by atoms with Gasteiger partial charge in [0, 0.05) is 59.8 Å². The smallest absolute Gasteiger partial charge is 0.410 e. The maximum absolute atomic E-state index is 12.4. The van der Waals surface area contributed by atoms with E-state index in [1.54, 1.807) is 0 Å². The number of nitrogens with one attached hydrogen (secondary N) is 1. The second-order valence-electron chi connectivity index (χ2n) is 10.1. The molecule has 0 spiro atoms. The zero-order valence-corrected chi connectivity index (χ0v) is 20.2. The van der Waals surface area contributed by atoms with Crippen LogP contribution in [0.4, 0.5) is 10.6 Å². The van der Waals surface area contributed by atoms with Crippen molar-refractivity contribution in [3.8, 4) is 0 Å². The van der Waals surface area contributed by atoms with Crippen molar-refractivity contribution >= 4 is 23.6 Å². The molecule has 1 aliphatic carbocycles. The van der Waals surface area contributed by atoms with Crippen molar-refractivity contribution in [2.45, 2.75) is 64.5 Å². The minimum absolute atomic E-state index is 0.222. The molecule has 0 radical (unpaired) electrons. The van der Waals surface area contributed by atoms with Gasteiger partial charge in [0.05, 0.1) is 0 Å². The van der Waals surface area contributed by atoms with Crippen LogP contribution in [0.5, 0.6) is 0 Å². The molecule has 0 aromatic carbocycles. The van der Waals surface area contributed by atoms with Gasteiger partial charge in [0.25, 0.3) is 0 Å². The molecule has 2 aromatic heterocycles. The number of carbonyl (C=O) groups excluding carboxylic acids is 1. The topological polar surface area (TPSA) is 76.3 Å². The maximum Gasteiger partial charge on any atom is 0.410 e. The minimum Gasteiger partial charge on any atom is -0.444 e. The number of aromatic amines is 1. The molecule has 1 unspecified atom stereocenters. The summed E-state index contributed by atoms with van der Waals surface area (Å²) in [5.41, 5.74) is 11.6. The molecular formula is C27H36N4O2. The lowest BCUT2D eigenvalue weighted by Crippen LogP contribution is -2.42. The molecule has 0 saturated carbocycles. The molecule has 4 rings (SSSR count). The number of carbonyl (C=O) groups is 1. The van der Waals surface area contributed by atoms with E-state index in [0.29, 0.717) is 30.9 Å². The monoisotopic (exact) mass is 448 g/mol. The van der Waals surface area contributed by atoms with Crippen molar-refractivity contribution in [1.82, 2.24) is 14.5 Å². The van der Waals surface area contributed by atoms with Gasteiger partial charge in [-0.3, -0.25) is 0 Å². The van der Waals surface area contributed by atoms with Crippen LogP contribution in [-0.4, -0.2) is 39.2 Å². The second kappa shape index (κ2) is 9.00.